The van der Waals surface area contributed by atoms with Crippen LogP contribution in [0.4, 0.5) is 0 Å². The van der Waals surface area contributed by atoms with Crippen molar-refractivity contribution < 1.29 is 15.0 Å². The van der Waals surface area contributed by atoms with Crippen molar-refractivity contribution >= 4 is 5.78 Å². The van der Waals surface area contributed by atoms with Crippen LogP contribution in [0, 0.1) is 0 Å². The molecule has 0 aliphatic rings. The Hall–Kier alpha value is -2.29. The van der Waals surface area contributed by atoms with Crippen LogP contribution in [0.5, 0.6) is 11.5 Å². The van der Waals surface area contributed by atoms with Crippen LogP contribution >= 0.6 is 0 Å². The van der Waals surface area contributed by atoms with E-state index in [1.807, 2.05) is 26.8 Å². The minimum absolute atomic E-state index is 0.0213. The van der Waals surface area contributed by atoms with Crippen molar-refractivity contribution in [3.63, 3.8) is 0 Å². The second-order valence-corrected chi connectivity index (χ2v) is 5.83. The average Bonchev–Trinajstić information content (AvgIpc) is 2.40. The van der Waals surface area contributed by atoms with Gasteiger partial charge in [-0.25, -0.2) is 0 Å². The predicted molar refractivity (Wildman–Crippen MR) is 78.3 cm³/mol. The number of phenols is 2. The third-order valence-corrected chi connectivity index (χ3v) is 3.18. The lowest BCUT2D eigenvalue weighted by Gasteiger charge is -2.22. The molecule has 0 radical (unpaired) electrons. The highest BCUT2D eigenvalue weighted by atomic mass is 16.3. The van der Waals surface area contributed by atoms with Crippen LogP contribution in [0.1, 0.15) is 42.3 Å². The van der Waals surface area contributed by atoms with E-state index in [0.29, 0.717) is 11.1 Å². The molecule has 0 atom stereocenters. The van der Waals surface area contributed by atoms with Crippen LogP contribution in [-0.4, -0.2) is 16.0 Å². The zero-order valence-corrected chi connectivity index (χ0v) is 11.8. The van der Waals surface area contributed by atoms with Crippen molar-refractivity contribution in [2.45, 2.75) is 26.2 Å². The van der Waals surface area contributed by atoms with Gasteiger partial charge in [-0.3, -0.25) is 4.79 Å². The molecule has 0 saturated carbocycles. The van der Waals surface area contributed by atoms with Gasteiger partial charge in [-0.1, -0.05) is 51.1 Å². The summed E-state index contributed by atoms with van der Waals surface area (Å²) < 4.78 is 0. The van der Waals surface area contributed by atoms with Gasteiger partial charge in [0.1, 0.15) is 11.5 Å². The summed E-state index contributed by atoms with van der Waals surface area (Å²) in [6.45, 7) is 5.74. The number of hydrogen-bond acceptors (Lipinski definition) is 3. The maximum atomic E-state index is 12.4. The molecule has 2 aromatic rings. The third-order valence-electron chi connectivity index (χ3n) is 3.18. The lowest BCUT2D eigenvalue weighted by molar-refractivity contribution is 0.103. The fraction of sp³-hybridized carbons (Fsp3) is 0.235. The number of ketones is 1. The zero-order chi connectivity index (χ0) is 14.9. The van der Waals surface area contributed by atoms with Crippen LogP contribution in [0.25, 0.3) is 0 Å². The van der Waals surface area contributed by atoms with E-state index >= 15 is 0 Å². The molecule has 0 bridgehead atoms. The summed E-state index contributed by atoms with van der Waals surface area (Å²) in [7, 11) is 0. The number of carbonyl (C=O) groups excluding carboxylic acids is 1. The van der Waals surface area contributed by atoms with Gasteiger partial charge in [0, 0.05) is 11.1 Å². The van der Waals surface area contributed by atoms with Gasteiger partial charge in [-0.15, -0.1) is 0 Å². The molecule has 20 heavy (non-hydrogen) atoms. The summed E-state index contributed by atoms with van der Waals surface area (Å²) in [5.74, 6) is -0.388. The Labute approximate surface area is 118 Å². The summed E-state index contributed by atoms with van der Waals surface area (Å²) in [4.78, 5) is 12.4. The molecular formula is C17H18O3. The number of hydrogen-bond donors (Lipinski definition) is 2. The minimum atomic E-state index is -0.367. The molecule has 2 rings (SSSR count). The van der Waals surface area contributed by atoms with E-state index in [0.717, 1.165) is 0 Å². The molecular weight excluding hydrogens is 252 g/mol. The third kappa shape index (κ3) is 2.67. The summed E-state index contributed by atoms with van der Waals surface area (Å²) in [5.41, 5.74) is 0.792. The Kier molecular flexibility index (Phi) is 3.53. The average molecular weight is 270 g/mol. The van der Waals surface area contributed by atoms with Crippen LogP contribution < -0.4 is 0 Å². The Balaban J connectivity index is 2.58. The first-order valence-electron chi connectivity index (χ1n) is 6.47. The summed E-state index contributed by atoms with van der Waals surface area (Å²) in [6, 6.07) is 11.5. The van der Waals surface area contributed by atoms with Crippen LogP contribution in [0.2, 0.25) is 0 Å². The first-order chi connectivity index (χ1) is 9.30. The molecule has 104 valence electrons. The standard InChI is InChI=1S/C17H18O3/c1-17(2,3)14-10-12(18)9-13(16(14)20)15(19)11-7-5-4-6-8-11/h4-10,18,20H,1-3H3. The van der Waals surface area contributed by atoms with E-state index in [1.165, 1.54) is 12.1 Å². The van der Waals surface area contributed by atoms with Crippen LogP contribution in [-0.2, 0) is 5.41 Å². The quantitative estimate of drug-likeness (QED) is 0.647. The Morgan fingerprint density at radius 2 is 1.60 bits per heavy atom. The highest BCUT2D eigenvalue weighted by molar-refractivity contribution is 6.11. The summed E-state index contributed by atoms with van der Waals surface area (Å²) in [5, 5.41) is 20.2. The van der Waals surface area contributed by atoms with Crippen molar-refractivity contribution in [3.05, 3.63) is 59.2 Å². The molecule has 3 nitrogen and oxygen atoms in total. The zero-order valence-electron chi connectivity index (χ0n) is 11.8. The van der Waals surface area contributed by atoms with Crippen molar-refractivity contribution in [2.75, 3.05) is 0 Å². The van der Waals surface area contributed by atoms with Gasteiger partial charge in [0.25, 0.3) is 0 Å². The lowest BCUT2D eigenvalue weighted by Crippen LogP contribution is -2.13. The van der Waals surface area contributed by atoms with Gasteiger partial charge in [0.05, 0.1) is 5.56 Å². The molecule has 0 aliphatic heterocycles. The van der Waals surface area contributed by atoms with E-state index in [2.05, 4.69) is 0 Å². The first kappa shape index (κ1) is 14.1. The van der Waals surface area contributed by atoms with E-state index < -0.39 is 0 Å². The molecule has 0 unspecified atom stereocenters. The van der Waals surface area contributed by atoms with E-state index in [4.69, 9.17) is 0 Å². The highest BCUT2D eigenvalue weighted by Gasteiger charge is 2.24. The smallest absolute Gasteiger partial charge is 0.196 e. The second kappa shape index (κ2) is 5.00. The topological polar surface area (TPSA) is 57.5 Å². The molecule has 2 N–H and O–H groups in total. The van der Waals surface area contributed by atoms with E-state index in [1.54, 1.807) is 24.3 Å². The maximum Gasteiger partial charge on any atom is 0.196 e. The van der Waals surface area contributed by atoms with Gasteiger partial charge in [-0.05, 0) is 17.5 Å². The predicted octanol–water partition coefficient (Wildman–Crippen LogP) is 3.63. The Bertz CT molecular complexity index is 637. The van der Waals surface area contributed by atoms with Crippen LogP contribution in [0.15, 0.2) is 42.5 Å². The SMILES string of the molecule is CC(C)(C)c1cc(O)cc(C(=O)c2ccccc2)c1O. The molecule has 0 spiro atoms. The maximum absolute atomic E-state index is 12.4. The normalized spacial score (nSPS) is 11.3. The van der Waals surface area contributed by atoms with Gasteiger partial charge < -0.3 is 10.2 Å². The number of phenolic OH excluding ortho intramolecular Hbond substituents is 2. The van der Waals surface area contributed by atoms with E-state index in [-0.39, 0.29) is 28.3 Å². The van der Waals surface area contributed by atoms with Crippen molar-refractivity contribution in [1.82, 2.24) is 0 Å². The molecule has 0 aromatic heterocycles. The molecule has 0 saturated heterocycles. The number of carbonyl (C=O) groups is 1. The molecule has 3 heteroatoms. The van der Waals surface area contributed by atoms with Gasteiger partial charge in [0.2, 0.25) is 0 Å². The monoisotopic (exact) mass is 270 g/mol. The van der Waals surface area contributed by atoms with Crippen LogP contribution in [0.3, 0.4) is 0 Å². The molecule has 0 fully saturated rings. The Morgan fingerprint density at radius 1 is 1.00 bits per heavy atom. The van der Waals surface area contributed by atoms with Crippen molar-refractivity contribution in [3.8, 4) is 11.5 Å². The fourth-order valence-corrected chi connectivity index (χ4v) is 2.11. The summed E-state index contributed by atoms with van der Waals surface area (Å²) >= 11 is 0. The molecule has 0 heterocycles. The van der Waals surface area contributed by atoms with Gasteiger partial charge in [-0.2, -0.15) is 0 Å². The van der Waals surface area contributed by atoms with Gasteiger partial charge in [0.15, 0.2) is 5.78 Å². The molecule has 0 amide bonds. The van der Waals surface area contributed by atoms with Crippen molar-refractivity contribution in [1.29, 1.82) is 0 Å². The second-order valence-electron chi connectivity index (χ2n) is 5.83. The first-order valence-corrected chi connectivity index (χ1v) is 6.47. The highest BCUT2D eigenvalue weighted by Crippen LogP contribution is 2.37. The molecule has 0 aliphatic carbocycles. The Morgan fingerprint density at radius 3 is 2.15 bits per heavy atom. The minimum Gasteiger partial charge on any atom is -0.508 e. The molecule has 2 aromatic carbocycles. The fourth-order valence-electron chi connectivity index (χ4n) is 2.11. The van der Waals surface area contributed by atoms with Gasteiger partial charge >= 0.3 is 0 Å². The summed E-state index contributed by atoms with van der Waals surface area (Å²) in [6.07, 6.45) is 0. The number of rotatable bonds is 2. The number of benzene rings is 2. The number of aromatic hydroxyl groups is 2. The van der Waals surface area contributed by atoms with Crippen molar-refractivity contribution in [2.24, 2.45) is 0 Å². The largest absolute Gasteiger partial charge is 0.508 e. The van der Waals surface area contributed by atoms with E-state index in [9.17, 15) is 15.0 Å². The lowest BCUT2D eigenvalue weighted by atomic mass is 9.84.